The Morgan fingerprint density at radius 3 is 2.44 bits per heavy atom. The highest BCUT2D eigenvalue weighted by Gasteiger charge is 2.28. The van der Waals surface area contributed by atoms with Gasteiger partial charge in [0.25, 0.3) is 11.8 Å². The number of methoxy groups -OCH3 is 1. The van der Waals surface area contributed by atoms with Crippen LogP contribution in [-0.2, 0) is 0 Å². The van der Waals surface area contributed by atoms with Gasteiger partial charge < -0.3 is 15.0 Å². The van der Waals surface area contributed by atoms with Gasteiger partial charge in [0.15, 0.2) is 5.75 Å². The third-order valence-electron chi connectivity index (χ3n) is 5.90. The fourth-order valence-electron chi connectivity index (χ4n) is 4.13. The Morgan fingerprint density at radius 2 is 1.79 bits per heavy atom. The molecule has 3 aromatic rings. The Morgan fingerprint density at radius 1 is 1.09 bits per heavy atom. The van der Waals surface area contributed by atoms with Crippen molar-refractivity contribution in [3.8, 4) is 16.2 Å². The fourth-order valence-corrected chi connectivity index (χ4v) is 5.33. The van der Waals surface area contributed by atoms with Crippen LogP contribution in [0.5, 0.6) is 5.75 Å². The van der Waals surface area contributed by atoms with Gasteiger partial charge in [-0.1, -0.05) is 30.3 Å². The number of amides is 2. The minimum atomic E-state index is -0.594. The number of nitrogens with one attached hydrogen (secondary N) is 1. The van der Waals surface area contributed by atoms with Crippen LogP contribution >= 0.6 is 11.3 Å². The van der Waals surface area contributed by atoms with Crippen LogP contribution in [0.2, 0.25) is 0 Å². The Bertz CT molecular complexity index is 1230. The monoisotopic (exact) mass is 479 g/mol. The molecule has 2 aromatic carbocycles. The second-order valence-corrected chi connectivity index (χ2v) is 9.10. The quantitative estimate of drug-likeness (QED) is 0.371. The van der Waals surface area contributed by atoms with Crippen molar-refractivity contribution < 1.29 is 19.2 Å². The Hall–Kier alpha value is -3.72. The fraction of sp³-hybridized carbons (Fsp3) is 0.280. The lowest BCUT2D eigenvalue weighted by Crippen LogP contribution is -2.36. The average Bonchev–Trinajstić information content (AvgIpc) is 3.19. The normalized spacial score (nSPS) is 13.4. The Balaban J connectivity index is 1.73. The van der Waals surface area contributed by atoms with Gasteiger partial charge in [0.1, 0.15) is 5.00 Å². The summed E-state index contributed by atoms with van der Waals surface area (Å²) in [6.45, 7) is 3.27. The number of benzene rings is 2. The molecule has 8 nitrogen and oxygen atoms in total. The summed E-state index contributed by atoms with van der Waals surface area (Å²) >= 11 is 1.33. The smallest absolute Gasteiger partial charge is 0.311 e. The summed E-state index contributed by atoms with van der Waals surface area (Å²) in [5, 5.41) is 14.7. The summed E-state index contributed by atoms with van der Waals surface area (Å²) in [4.78, 5) is 40.1. The molecule has 176 valence electrons. The molecule has 4 rings (SSSR count). The van der Waals surface area contributed by atoms with E-state index >= 15 is 0 Å². The van der Waals surface area contributed by atoms with Crippen LogP contribution < -0.4 is 10.1 Å². The molecule has 0 radical (unpaired) electrons. The Labute approximate surface area is 201 Å². The molecule has 34 heavy (non-hydrogen) atoms. The maximum absolute atomic E-state index is 13.5. The lowest BCUT2D eigenvalue weighted by atomic mass is 10.0. The molecular formula is C25H25N3O5S. The molecule has 0 bridgehead atoms. The number of carbonyl (C=O) groups excluding carboxylic acids is 2. The largest absolute Gasteiger partial charge is 0.490 e. The summed E-state index contributed by atoms with van der Waals surface area (Å²) in [7, 11) is 1.33. The van der Waals surface area contributed by atoms with E-state index in [1.54, 1.807) is 0 Å². The summed E-state index contributed by atoms with van der Waals surface area (Å²) in [6.07, 6.45) is 3.01. The number of rotatable bonds is 6. The van der Waals surface area contributed by atoms with Gasteiger partial charge in [0.05, 0.1) is 17.6 Å². The number of piperidine rings is 1. The van der Waals surface area contributed by atoms with E-state index in [9.17, 15) is 19.7 Å². The summed E-state index contributed by atoms with van der Waals surface area (Å²) in [6, 6.07) is 13.7. The molecule has 1 N–H and O–H groups in total. The number of thiophene rings is 1. The number of ether oxygens (including phenoxy) is 1. The number of nitro benzene ring substituents is 1. The van der Waals surface area contributed by atoms with Crippen molar-refractivity contribution in [2.75, 3.05) is 25.5 Å². The van der Waals surface area contributed by atoms with E-state index in [1.165, 1.54) is 36.6 Å². The summed E-state index contributed by atoms with van der Waals surface area (Å²) in [5.74, 6) is -0.563. The Kier molecular flexibility index (Phi) is 6.93. The van der Waals surface area contributed by atoms with Crippen molar-refractivity contribution in [3.05, 3.63) is 75.3 Å². The number of nitro groups is 1. The second kappa shape index (κ2) is 10.0. The highest BCUT2D eigenvalue weighted by molar-refractivity contribution is 7.20. The van der Waals surface area contributed by atoms with Gasteiger partial charge in [-0.15, -0.1) is 11.3 Å². The number of nitrogens with zero attached hydrogens (tertiary/aromatic N) is 2. The lowest BCUT2D eigenvalue weighted by molar-refractivity contribution is -0.385. The predicted octanol–water partition coefficient (Wildman–Crippen LogP) is 5.52. The number of hydrogen-bond acceptors (Lipinski definition) is 6. The molecular weight excluding hydrogens is 454 g/mol. The van der Waals surface area contributed by atoms with Crippen molar-refractivity contribution in [1.29, 1.82) is 0 Å². The highest BCUT2D eigenvalue weighted by atomic mass is 32.1. The average molecular weight is 480 g/mol. The molecule has 2 heterocycles. The number of carbonyl (C=O) groups is 2. The first-order valence-corrected chi connectivity index (χ1v) is 11.8. The highest BCUT2D eigenvalue weighted by Crippen LogP contribution is 2.41. The molecule has 0 aliphatic carbocycles. The maximum atomic E-state index is 13.5. The van der Waals surface area contributed by atoms with E-state index in [0.717, 1.165) is 35.3 Å². The third-order valence-corrected chi connectivity index (χ3v) is 7.16. The van der Waals surface area contributed by atoms with Crippen LogP contribution in [0.1, 0.15) is 45.5 Å². The molecule has 1 aliphatic rings. The van der Waals surface area contributed by atoms with E-state index in [0.29, 0.717) is 23.7 Å². The molecule has 9 heteroatoms. The van der Waals surface area contributed by atoms with Crippen molar-refractivity contribution in [3.63, 3.8) is 0 Å². The molecule has 1 aromatic heterocycles. The zero-order valence-corrected chi connectivity index (χ0v) is 19.8. The SMILES string of the molecule is COc1ccc(C(=O)Nc2sc(-c3ccccc3)c(C)c2C(=O)N2CCCCC2)cc1[N+](=O)[O-]. The number of anilines is 1. The molecule has 0 atom stereocenters. The van der Waals surface area contributed by atoms with Gasteiger partial charge in [0.2, 0.25) is 0 Å². The zero-order valence-electron chi connectivity index (χ0n) is 19.0. The van der Waals surface area contributed by atoms with Gasteiger partial charge >= 0.3 is 5.69 Å². The van der Waals surface area contributed by atoms with Gasteiger partial charge in [-0.25, -0.2) is 0 Å². The molecule has 0 spiro atoms. The zero-order chi connectivity index (χ0) is 24.2. The maximum Gasteiger partial charge on any atom is 0.311 e. The molecule has 0 saturated carbocycles. The summed E-state index contributed by atoms with van der Waals surface area (Å²) < 4.78 is 5.02. The third kappa shape index (κ3) is 4.65. The van der Waals surface area contributed by atoms with Gasteiger partial charge in [0, 0.05) is 29.6 Å². The van der Waals surface area contributed by atoms with Crippen molar-refractivity contribution in [2.24, 2.45) is 0 Å². The van der Waals surface area contributed by atoms with Crippen molar-refractivity contribution in [2.45, 2.75) is 26.2 Å². The molecule has 0 unspecified atom stereocenters. The second-order valence-electron chi connectivity index (χ2n) is 8.08. The van der Waals surface area contributed by atoms with Crippen LogP contribution in [0, 0.1) is 17.0 Å². The van der Waals surface area contributed by atoms with Gasteiger partial charge in [-0.05, 0) is 49.4 Å². The standard InChI is InChI=1S/C25H25N3O5S/c1-16-21(25(30)27-13-7-4-8-14-27)24(34-22(16)17-9-5-3-6-10-17)26-23(29)18-11-12-20(33-2)19(15-18)28(31)32/h3,5-6,9-12,15H,4,7-8,13-14H2,1-2H3,(H,26,29). The molecule has 1 saturated heterocycles. The van der Waals surface area contributed by atoms with Crippen LogP contribution in [0.3, 0.4) is 0 Å². The number of likely N-dealkylation sites (tertiary alicyclic amines) is 1. The first-order chi connectivity index (χ1) is 16.4. The van der Waals surface area contributed by atoms with Gasteiger partial charge in [-0.3, -0.25) is 19.7 Å². The topological polar surface area (TPSA) is 102 Å². The van der Waals surface area contributed by atoms with Crippen LogP contribution in [0.15, 0.2) is 48.5 Å². The minimum absolute atomic E-state index is 0.0702. The van der Waals surface area contributed by atoms with E-state index in [4.69, 9.17) is 4.74 Å². The van der Waals surface area contributed by atoms with E-state index in [-0.39, 0.29) is 22.9 Å². The van der Waals surface area contributed by atoms with Crippen molar-refractivity contribution in [1.82, 2.24) is 4.90 Å². The van der Waals surface area contributed by atoms with Crippen molar-refractivity contribution >= 4 is 33.8 Å². The minimum Gasteiger partial charge on any atom is -0.490 e. The summed E-state index contributed by atoms with van der Waals surface area (Å²) in [5.41, 5.74) is 2.05. The molecule has 2 amide bonds. The van der Waals surface area contributed by atoms with E-state index in [2.05, 4.69) is 5.32 Å². The molecule has 1 fully saturated rings. The lowest BCUT2D eigenvalue weighted by Gasteiger charge is -2.27. The predicted molar refractivity (Wildman–Crippen MR) is 132 cm³/mol. The molecule has 1 aliphatic heterocycles. The van der Waals surface area contributed by atoms with Crippen LogP contribution in [0.4, 0.5) is 10.7 Å². The van der Waals surface area contributed by atoms with Crippen LogP contribution in [0.25, 0.3) is 10.4 Å². The van der Waals surface area contributed by atoms with Crippen LogP contribution in [-0.4, -0.2) is 41.8 Å². The van der Waals surface area contributed by atoms with E-state index < -0.39 is 10.8 Å². The van der Waals surface area contributed by atoms with E-state index in [1.807, 2.05) is 42.2 Å². The first kappa shape index (κ1) is 23.4. The number of hydrogen-bond donors (Lipinski definition) is 1. The first-order valence-electron chi connectivity index (χ1n) is 11.0. The van der Waals surface area contributed by atoms with Gasteiger partial charge in [-0.2, -0.15) is 0 Å².